The maximum Gasteiger partial charge on any atom is 0.0771 e. The molecule has 2 unspecified atom stereocenters. The molecule has 0 aromatic heterocycles. The largest absolute Gasteiger partial charge is 0.394 e. The van der Waals surface area contributed by atoms with Crippen molar-refractivity contribution in [3.63, 3.8) is 0 Å². The van der Waals surface area contributed by atoms with Crippen molar-refractivity contribution in [2.24, 2.45) is 46.3 Å². The Morgan fingerprint density at radius 3 is 2.41 bits per heavy atom. The lowest BCUT2D eigenvalue weighted by molar-refractivity contribution is -0.114. The zero-order chi connectivity index (χ0) is 19.2. The van der Waals surface area contributed by atoms with Crippen LogP contribution in [0.2, 0.25) is 0 Å². The number of hydrogen-bond donors (Lipinski definition) is 2. The first kappa shape index (κ1) is 20.2. The van der Waals surface area contributed by atoms with Gasteiger partial charge in [-0.1, -0.05) is 33.6 Å². The zero-order valence-electron chi connectivity index (χ0n) is 18.1. The van der Waals surface area contributed by atoms with Gasteiger partial charge in [0, 0.05) is 0 Å². The third-order valence-electron chi connectivity index (χ3n) is 10.5. The Morgan fingerprint density at radius 2 is 1.63 bits per heavy atom. The zero-order valence-corrected chi connectivity index (χ0v) is 18.1. The molecule has 4 aliphatic carbocycles. The van der Waals surface area contributed by atoms with Crippen molar-refractivity contribution in [2.45, 2.75) is 104 Å². The summed E-state index contributed by atoms with van der Waals surface area (Å²) in [5.74, 6) is 5.47. The lowest BCUT2D eigenvalue weighted by atomic mass is 9.44. The molecular weight excluding hydrogens is 332 g/mol. The Kier molecular flexibility index (Phi) is 5.71. The van der Waals surface area contributed by atoms with Gasteiger partial charge in [-0.3, -0.25) is 0 Å². The highest BCUT2D eigenvalue weighted by Gasteiger charge is 2.60. The molecular formula is C25H44O2. The van der Waals surface area contributed by atoms with Crippen molar-refractivity contribution in [1.29, 1.82) is 0 Å². The van der Waals surface area contributed by atoms with Gasteiger partial charge in [-0.05, 0) is 111 Å². The molecule has 0 saturated heterocycles. The highest BCUT2D eigenvalue weighted by Crippen LogP contribution is 2.68. The first-order valence-corrected chi connectivity index (χ1v) is 12.2. The molecule has 2 N–H and O–H groups in total. The number of fused-ring (bicyclic) bond motifs is 5. The monoisotopic (exact) mass is 376 g/mol. The molecule has 4 aliphatic rings. The van der Waals surface area contributed by atoms with Crippen LogP contribution in [0.4, 0.5) is 0 Å². The van der Waals surface area contributed by atoms with Crippen LogP contribution >= 0.6 is 0 Å². The molecule has 4 saturated carbocycles. The van der Waals surface area contributed by atoms with Gasteiger partial charge in [0.25, 0.3) is 0 Å². The minimum absolute atomic E-state index is 0.0826. The maximum absolute atomic E-state index is 9.79. The molecule has 156 valence electrons. The van der Waals surface area contributed by atoms with Crippen LogP contribution in [0.5, 0.6) is 0 Å². The topological polar surface area (TPSA) is 40.5 Å². The fourth-order valence-corrected chi connectivity index (χ4v) is 9.02. The summed E-state index contributed by atoms with van der Waals surface area (Å²) in [6.45, 7) is 7.66. The summed E-state index contributed by atoms with van der Waals surface area (Å²) in [5, 5.41) is 18.9. The van der Waals surface area contributed by atoms with E-state index in [0.29, 0.717) is 16.7 Å². The van der Waals surface area contributed by atoms with Crippen LogP contribution < -0.4 is 0 Å². The Hall–Kier alpha value is -0.0800. The molecule has 0 aromatic carbocycles. The third-order valence-corrected chi connectivity index (χ3v) is 10.5. The Bertz CT molecular complexity index is 518. The lowest BCUT2D eigenvalue weighted by Gasteiger charge is -2.61. The number of rotatable bonds is 5. The molecule has 0 spiro atoms. The number of hydrogen-bond acceptors (Lipinski definition) is 2. The second-order valence-corrected chi connectivity index (χ2v) is 11.5. The summed E-state index contributed by atoms with van der Waals surface area (Å²) in [6, 6.07) is 0. The average Bonchev–Trinajstić information content (AvgIpc) is 3.02. The van der Waals surface area contributed by atoms with Crippen LogP contribution in [-0.4, -0.2) is 22.9 Å². The second kappa shape index (κ2) is 7.63. The van der Waals surface area contributed by atoms with Gasteiger partial charge in [-0.15, -0.1) is 0 Å². The quantitative estimate of drug-likeness (QED) is 0.636. The van der Waals surface area contributed by atoms with E-state index >= 15 is 0 Å². The fraction of sp³-hybridized carbons (Fsp3) is 1.00. The normalized spacial score (nSPS) is 49.0. The Balaban J connectivity index is 1.48. The highest BCUT2D eigenvalue weighted by molar-refractivity contribution is 5.09. The van der Waals surface area contributed by atoms with Crippen LogP contribution in [0.1, 0.15) is 97.8 Å². The summed E-state index contributed by atoms with van der Waals surface area (Å²) in [6.07, 6.45) is 16.1. The summed E-state index contributed by atoms with van der Waals surface area (Å²) < 4.78 is 0. The smallest absolute Gasteiger partial charge is 0.0771 e. The van der Waals surface area contributed by atoms with Gasteiger partial charge in [0.15, 0.2) is 0 Å². The molecule has 4 rings (SSSR count). The van der Waals surface area contributed by atoms with Crippen LogP contribution in [0.15, 0.2) is 0 Å². The van der Waals surface area contributed by atoms with Gasteiger partial charge in [0.2, 0.25) is 0 Å². The van der Waals surface area contributed by atoms with Gasteiger partial charge in [0.05, 0.1) is 12.7 Å². The van der Waals surface area contributed by atoms with Crippen LogP contribution in [0.25, 0.3) is 0 Å². The number of aliphatic hydroxyl groups is 2. The molecule has 0 heterocycles. The Labute approximate surface area is 167 Å². The first-order valence-electron chi connectivity index (χ1n) is 12.2. The molecule has 0 amide bonds. The SMILES string of the molecule is C[C@H](CCC(O)CO)[C@H]1CC[C@H]2[C@@H]3CCC4CCCC[C@]4(C)[C@H]3CC[C@]12C. The summed E-state index contributed by atoms with van der Waals surface area (Å²) in [7, 11) is 0. The fourth-order valence-electron chi connectivity index (χ4n) is 9.02. The molecule has 0 aromatic rings. The van der Waals surface area contributed by atoms with E-state index in [9.17, 15) is 5.11 Å². The van der Waals surface area contributed by atoms with Crippen LogP contribution in [-0.2, 0) is 0 Å². The highest BCUT2D eigenvalue weighted by atomic mass is 16.3. The van der Waals surface area contributed by atoms with Gasteiger partial charge >= 0.3 is 0 Å². The van der Waals surface area contributed by atoms with Gasteiger partial charge in [-0.2, -0.15) is 0 Å². The van der Waals surface area contributed by atoms with E-state index in [-0.39, 0.29) is 6.61 Å². The molecule has 2 heteroatoms. The van der Waals surface area contributed by atoms with E-state index in [1.54, 1.807) is 0 Å². The third kappa shape index (κ3) is 3.31. The van der Waals surface area contributed by atoms with Crippen molar-refractivity contribution in [2.75, 3.05) is 6.61 Å². The van der Waals surface area contributed by atoms with Crippen molar-refractivity contribution in [1.82, 2.24) is 0 Å². The van der Waals surface area contributed by atoms with E-state index < -0.39 is 6.10 Å². The maximum atomic E-state index is 9.79. The lowest BCUT2D eigenvalue weighted by Crippen LogP contribution is -2.53. The van der Waals surface area contributed by atoms with Gasteiger partial charge in [-0.25, -0.2) is 0 Å². The summed E-state index contributed by atoms with van der Waals surface area (Å²) in [5.41, 5.74) is 1.18. The standard InChI is InChI=1S/C25H44O2/c1-17(7-9-19(27)16-26)21-11-12-22-20-10-8-18-6-4-5-14-24(18,2)23(20)13-15-25(21,22)3/h17-23,26-27H,4-16H2,1-3H3/t17-,18?,19?,20+,21-,22+,23+,24+,25-/m1/s1. The van der Waals surface area contributed by atoms with E-state index in [1.165, 1.54) is 64.2 Å². The first-order chi connectivity index (χ1) is 12.9. The van der Waals surface area contributed by atoms with Crippen LogP contribution in [0, 0.1) is 46.3 Å². The molecule has 9 atom stereocenters. The number of aliphatic hydroxyl groups excluding tert-OH is 2. The van der Waals surface area contributed by atoms with Crippen molar-refractivity contribution < 1.29 is 10.2 Å². The van der Waals surface area contributed by atoms with Crippen molar-refractivity contribution >= 4 is 0 Å². The van der Waals surface area contributed by atoms with E-state index in [2.05, 4.69) is 20.8 Å². The van der Waals surface area contributed by atoms with Gasteiger partial charge in [0.1, 0.15) is 0 Å². The van der Waals surface area contributed by atoms with E-state index in [0.717, 1.165) is 42.4 Å². The minimum Gasteiger partial charge on any atom is -0.394 e. The average molecular weight is 377 g/mol. The van der Waals surface area contributed by atoms with E-state index in [4.69, 9.17) is 5.11 Å². The Morgan fingerprint density at radius 1 is 0.852 bits per heavy atom. The summed E-state index contributed by atoms with van der Waals surface area (Å²) >= 11 is 0. The summed E-state index contributed by atoms with van der Waals surface area (Å²) in [4.78, 5) is 0. The van der Waals surface area contributed by atoms with E-state index in [1.807, 2.05) is 0 Å². The van der Waals surface area contributed by atoms with Gasteiger partial charge < -0.3 is 10.2 Å². The molecule has 27 heavy (non-hydrogen) atoms. The molecule has 0 radical (unpaired) electrons. The predicted octanol–water partition coefficient (Wildman–Crippen LogP) is 5.80. The predicted molar refractivity (Wildman–Crippen MR) is 111 cm³/mol. The molecule has 0 aliphatic heterocycles. The van der Waals surface area contributed by atoms with Crippen LogP contribution in [0.3, 0.4) is 0 Å². The van der Waals surface area contributed by atoms with Crippen molar-refractivity contribution in [3.8, 4) is 0 Å². The minimum atomic E-state index is -0.519. The van der Waals surface area contributed by atoms with Crippen molar-refractivity contribution in [3.05, 3.63) is 0 Å². The molecule has 4 fully saturated rings. The molecule has 0 bridgehead atoms. The second-order valence-electron chi connectivity index (χ2n) is 11.5. The molecule has 2 nitrogen and oxygen atoms in total.